The smallest absolute Gasteiger partial charge is 0.130 e. The molecule has 5 heteroatoms. The highest BCUT2D eigenvalue weighted by atomic mass is 35.5. The molecule has 2 aromatic rings. The maximum Gasteiger partial charge on any atom is 0.130 e. The van der Waals surface area contributed by atoms with E-state index < -0.39 is 0 Å². The van der Waals surface area contributed by atoms with Gasteiger partial charge in [0, 0.05) is 25.1 Å². The zero-order valence-corrected chi connectivity index (χ0v) is 13.8. The van der Waals surface area contributed by atoms with Gasteiger partial charge in [0.25, 0.3) is 0 Å². The molecule has 0 aliphatic carbocycles. The second-order valence-electron chi connectivity index (χ2n) is 5.45. The van der Waals surface area contributed by atoms with Crippen LogP contribution >= 0.6 is 11.6 Å². The first-order valence-corrected chi connectivity index (χ1v) is 7.93. The topological polar surface area (TPSA) is 43.0 Å². The highest BCUT2D eigenvalue weighted by Gasteiger charge is 2.17. The SMILES string of the molecule is CCCNC(CCc1ccco1)Cc1c(C)nn(C)c1Cl. The third-order valence-corrected chi connectivity index (χ3v) is 4.20. The summed E-state index contributed by atoms with van der Waals surface area (Å²) in [5.74, 6) is 1.03. The fourth-order valence-electron chi connectivity index (χ4n) is 2.55. The van der Waals surface area contributed by atoms with E-state index in [9.17, 15) is 0 Å². The fraction of sp³-hybridized carbons (Fsp3) is 0.562. The number of aryl methyl sites for hydroxylation is 3. The lowest BCUT2D eigenvalue weighted by Gasteiger charge is -2.18. The quantitative estimate of drug-likeness (QED) is 0.811. The van der Waals surface area contributed by atoms with Gasteiger partial charge in [0.2, 0.25) is 0 Å². The number of hydrogen-bond donors (Lipinski definition) is 1. The molecule has 116 valence electrons. The number of rotatable bonds is 8. The Morgan fingerprint density at radius 2 is 2.29 bits per heavy atom. The number of halogens is 1. The predicted molar refractivity (Wildman–Crippen MR) is 85.8 cm³/mol. The van der Waals surface area contributed by atoms with Crippen molar-refractivity contribution >= 4 is 11.6 Å². The largest absolute Gasteiger partial charge is 0.469 e. The molecule has 2 heterocycles. The Morgan fingerprint density at radius 3 is 2.86 bits per heavy atom. The van der Waals surface area contributed by atoms with Crippen LogP contribution in [0.2, 0.25) is 5.15 Å². The predicted octanol–water partition coefficient (Wildman–Crippen LogP) is 3.52. The third-order valence-electron chi connectivity index (χ3n) is 3.72. The summed E-state index contributed by atoms with van der Waals surface area (Å²) in [6.07, 6.45) is 5.71. The first-order valence-electron chi connectivity index (χ1n) is 7.55. The highest BCUT2D eigenvalue weighted by Crippen LogP contribution is 2.21. The molecule has 2 rings (SSSR count). The third kappa shape index (κ3) is 4.35. The average Bonchev–Trinajstić information content (AvgIpc) is 3.05. The molecule has 0 fully saturated rings. The van der Waals surface area contributed by atoms with Crippen LogP contribution in [0.25, 0.3) is 0 Å². The van der Waals surface area contributed by atoms with E-state index in [4.69, 9.17) is 16.0 Å². The summed E-state index contributed by atoms with van der Waals surface area (Å²) in [5, 5.41) is 8.74. The molecule has 0 aliphatic heterocycles. The van der Waals surface area contributed by atoms with E-state index in [0.717, 1.165) is 54.4 Å². The lowest BCUT2D eigenvalue weighted by molar-refractivity contribution is 0.441. The van der Waals surface area contributed by atoms with Crippen LogP contribution in [0.4, 0.5) is 0 Å². The van der Waals surface area contributed by atoms with E-state index in [-0.39, 0.29) is 0 Å². The monoisotopic (exact) mass is 309 g/mol. The van der Waals surface area contributed by atoms with Gasteiger partial charge in [-0.1, -0.05) is 18.5 Å². The highest BCUT2D eigenvalue weighted by molar-refractivity contribution is 6.30. The molecule has 0 aliphatic rings. The molecule has 1 N–H and O–H groups in total. The summed E-state index contributed by atoms with van der Waals surface area (Å²) in [5.41, 5.74) is 2.16. The van der Waals surface area contributed by atoms with Gasteiger partial charge < -0.3 is 9.73 Å². The van der Waals surface area contributed by atoms with Crippen molar-refractivity contribution in [2.45, 2.75) is 45.6 Å². The molecule has 0 bridgehead atoms. The van der Waals surface area contributed by atoms with Crippen LogP contribution in [-0.4, -0.2) is 22.4 Å². The van der Waals surface area contributed by atoms with Gasteiger partial charge in [0.1, 0.15) is 10.9 Å². The van der Waals surface area contributed by atoms with Gasteiger partial charge in [-0.3, -0.25) is 4.68 Å². The zero-order chi connectivity index (χ0) is 15.2. The lowest BCUT2D eigenvalue weighted by Crippen LogP contribution is -2.32. The number of aromatic nitrogens is 2. The molecule has 0 aromatic carbocycles. The summed E-state index contributed by atoms with van der Waals surface area (Å²) in [4.78, 5) is 0. The van der Waals surface area contributed by atoms with Crippen molar-refractivity contribution in [3.63, 3.8) is 0 Å². The van der Waals surface area contributed by atoms with Crippen molar-refractivity contribution < 1.29 is 4.42 Å². The van der Waals surface area contributed by atoms with Crippen LogP contribution in [0.5, 0.6) is 0 Å². The summed E-state index contributed by atoms with van der Waals surface area (Å²) >= 11 is 6.35. The number of nitrogens with one attached hydrogen (secondary N) is 1. The lowest BCUT2D eigenvalue weighted by atomic mass is 10.0. The first-order chi connectivity index (χ1) is 10.1. The van der Waals surface area contributed by atoms with E-state index in [1.165, 1.54) is 0 Å². The number of furan rings is 1. The molecular formula is C16H24ClN3O. The van der Waals surface area contributed by atoms with Crippen LogP contribution in [-0.2, 0) is 19.9 Å². The minimum absolute atomic E-state index is 0.385. The standard InChI is InChI=1S/C16H24ClN3O/c1-4-9-18-13(7-8-14-6-5-10-21-14)11-15-12(2)19-20(3)16(15)17/h5-6,10,13,18H,4,7-9,11H2,1-3H3. The zero-order valence-electron chi connectivity index (χ0n) is 13.0. The van der Waals surface area contributed by atoms with E-state index in [2.05, 4.69) is 17.3 Å². The molecule has 0 saturated heterocycles. The maximum absolute atomic E-state index is 6.35. The van der Waals surface area contributed by atoms with Crippen molar-refractivity contribution in [2.75, 3.05) is 6.54 Å². The molecule has 2 aromatic heterocycles. The fourth-order valence-corrected chi connectivity index (χ4v) is 2.80. The van der Waals surface area contributed by atoms with Crippen molar-refractivity contribution in [3.05, 3.63) is 40.6 Å². The Hall–Kier alpha value is -1.26. The first kappa shape index (κ1) is 16.1. The van der Waals surface area contributed by atoms with Crippen LogP contribution < -0.4 is 5.32 Å². The van der Waals surface area contributed by atoms with Crippen molar-refractivity contribution in [2.24, 2.45) is 7.05 Å². The van der Waals surface area contributed by atoms with Gasteiger partial charge in [-0.15, -0.1) is 0 Å². The molecule has 0 saturated carbocycles. The number of hydrogen-bond acceptors (Lipinski definition) is 3. The minimum atomic E-state index is 0.385. The van der Waals surface area contributed by atoms with Crippen LogP contribution in [0, 0.1) is 6.92 Å². The van der Waals surface area contributed by atoms with Gasteiger partial charge in [-0.05, 0) is 44.9 Å². The summed E-state index contributed by atoms with van der Waals surface area (Å²) in [7, 11) is 1.89. The molecule has 0 radical (unpaired) electrons. The molecule has 4 nitrogen and oxygen atoms in total. The van der Waals surface area contributed by atoms with Crippen LogP contribution in [0.3, 0.4) is 0 Å². The van der Waals surface area contributed by atoms with E-state index in [0.29, 0.717) is 6.04 Å². The Morgan fingerprint density at radius 1 is 1.48 bits per heavy atom. The van der Waals surface area contributed by atoms with Crippen molar-refractivity contribution in [3.8, 4) is 0 Å². The summed E-state index contributed by atoms with van der Waals surface area (Å²) < 4.78 is 7.17. The van der Waals surface area contributed by atoms with Crippen molar-refractivity contribution in [1.82, 2.24) is 15.1 Å². The molecule has 21 heavy (non-hydrogen) atoms. The Kier molecular flexibility index (Phi) is 5.88. The normalized spacial score (nSPS) is 12.8. The Balaban J connectivity index is 2.01. The average molecular weight is 310 g/mol. The van der Waals surface area contributed by atoms with Crippen LogP contribution in [0.1, 0.15) is 36.8 Å². The summed E-state index contributed by atoms with van der Waals surface area (Å²) in [6.45, 7) is 5.21. The molecule has 1 unspecified atom stereocenters. The van der Waals surface area contributed by atoms with Crippen molar-refractivity contribution in [1.29, 1.82) is 0 Å². The minimum Gasteiger partial charge on any atom is -0.469 e. The van der Waals surface area contributed by atoms with Crippen LogP contribution in [0.15, 0.2) is 22.8 Å². The Labute approximate surface area is 131 Å². The molecular weight excluding hydrogens is 286 g/mol. The summed E-state index contributed by atoms with van der Waals surface area (Å²) in [6, 6.07) is 4.35. The molecule has 0 spiro atoms. The van der Waals surface area contributed by atoms with Gasteiger partial charge in [-0.2, -0.15) is 5.10 Å². The Bertz CT molecular complexity index is 548. The van der Waals surface area contributed by atoms with Gasteiger partial charge in [-0.25, -0.2) is 0 Å². The van der Waals surface area contributed by atoms with Gasteiger partial charge in [0.05, 0.1) is 12.0 Å². The maximum atomic E-state index is 6.35. The molecule has 1 atom stereocenters. The van der Waals surface area contributed by atoms with Gasteiger partial charge in [0.15, 0.2) is 0 Å². The van der Waals surface area contributed by atoms with E-state index >= 15 is 0 Å². The molecule has 0 amide bonds. The second-order valence-corrected chi connectivity index (χ2v) is 5.81. The second kappa shape index (κ2) is 7.66. The number of nitrogens with zero attached hydrogens (tertiary/aromatic N) is 2. The van der Waals surface area contributed by atoms with E-state index in [1.54, 1.807) is 10.9 Å². The van der Waals surface area contributed by atoms with E-state index in [1.807, 2.05) is 26.1 Å². The van der Waals surface area contributed by atoms with Gasteiger partial charge >= 0.3 is 0 Å².